The Balaban J connectivity index is 3.12. The van der Waals surface area contributed by atoms with Crippen molar-refractivity contribution in [2.75, 3.05) is 12.9 Å². The molecule has 0 aromatic carbocycles. The van der Waals surface area contributed by atoms with E-state index in [1.54, 1.807) is 0 Å². The van der Waals surface area contributed by atoms with E-state index in [4.69, 9.17) is 6.42 Å². The normalized spacial score (nSPS) is 11.1. The lowest BCUT2D eigenvalue weighted by molar-refractivity contribution is 0.309. The van der Waals surface area contributed by atoms with Crippen molar-refractivity contribution in [3.8, 4) is 12.3 Å². The summed E-state index contributed by atoms with van der Waals surface area (Å²) in [6.45, 7) is 0.300. The van der Waals surface area contributed by atoms with Crippen molar-refractivity contribution in [3.63, 3.8) is 0 Å². The van der Waals surface area contributed by atoms with Gasteiger partial charge in [0.15, 0.2) is 0 Å². The van der Waals surface area contributed by atoms with Crippen molar-refractivity contribution in [1.82, 2.24) is 0 Å². The van der Waals surface area contributed by atoms with Gasteiger partial charge in [0.05, 0.1) is 12.9 Å². The molecule has 0 radical (unpaired) electrons. The van der Waals surface area contributed by atoms with Crippen molar-refractivity contribution in [2.45, 2.75) is 38.5 Å². The second-order valence-electron chi connectivity index (χ2n) is 3.25. The molecule has 0 aliphatic carbocycles. The molecule has 14 heavy (non-hydrogen) atoms. The van der Waals surface area contributed by atoms with Crippen LogP contribution >= 0.6 is 0 Å². The van der Waals surface area contributed by atoms with Crippen molar-refractivity contribution >= 4 is 10.1 Å². The minimum absolute atomic E-state index is 0.300. The molecule has 0 fully saturated rings. The van der Waals surface area contributed by atoms with Gasteiger partial charge < -0.3 is 0 Å². The molecule has 3 nitrogen and oxygen atoms in total. The predicted molar refractivity (Wildman–Crippen MR) is 57.3 cm³/mol. The van der Waals surface area contributed by atoms with E-state index in [9.17, 15) is 8.42 Å². The standard InChI is InChI=1S/C10H18O3S/c1-3-4-5-6-7-8-9-10-13-14(2,11)12/h1H,4-10H2,2H3. The Kier molecular flexibility index (Phi) is 7.54. The highest BCUT2D eigenvalue weighted by Crippen LogP contribution is 2.05. The van der Waals surface area contributed by atoms with Crippen LogP contribution in [0.1, 0.15) is 38.5 Å². The van der Waals surface area contributed by atoms with Gasteiger partial charge in [0.2, 0.25) is 0 Å². The van der Waals surface area contributed by atoms with Crippen LogP contribution in [0.15, 0.2) is 0 Å². The number of terminal acetylenes is 1. The molecule has 82 valence electrons. The van der Waals surface area contributed by atoms with Crippen LogP contribution in [-0.2, 0) is 14.3 Å². The molecular formula is C10H18O3S. The second kappa shape index (κ2) is 7.84. The Morgan fingerprint density at radius 1 is 1.14 bits per heavy atom. The fraction of sp³-hybridized carbons (Fsp3) is 0.800. The van der Waals surface area contributed by atoms with Gasteiger partial charge in [0, 0.05) is 6.42 Å². The zero-order chi connectivity index (χ0) is 10.9. The molecule has 0 aromatic rings. The maximum Gasteiger partial charge on any atom is 0.264 e. The summed E-state index contributed by atoms with van der Waals surface area (Å²) >= 11 is 0. The SMILES string of the molecule is C#CCCCCCCCOS(C)(=O)=O. The summed E-state index contributed by atoms with van der Waals surface area (Å²) < 4.78 is 25.7. The minimum atomic E-state index is -3.25. The van der Waals surface area contributed by atoms with Crippen LogP contribution < -0.4 is 0 Å². The highest BCUT2D eigenvalue weighted by Gasteiger charge is 1.99. The first-order valence-corrected chi connectivity index (χ1v) is 6.66. The van der Waals surface area contributed by atoms with Crippen molar-refractivity contribution < 1.29 is 12.6 Å². The van der Waals surface area contributed by atoms with Gasteiger partial charge in [-0.2, -0.15) is 8.42 Å². The third-order valence-corrected chi connectivity index (χ3v) is 2.36. The number of hydrogen-bond donors (Lipinski definition) is 0. The van der Waals surface area contributed by atoms with Crippen LogP contribution in [0.25, 0.3) is 0 Å². The van der Waals surface area contributed by atoms with E-state index in [1.165, 1.54) is 0 Å². The average molecular weight is 218 g/mol. The van der Waals surface area contributed by atoms with Gasteiger partial charge in [-0.15, -0.1) is 12.3 Å². The van der Waals surface area contributed by atoms with Crippen LogP contribution in [0, 0.1) is 12.3 Å². The zero-order valence-corrected chi connectivity index (χ0v) is 9.48. The van der Waals surface area contributed by atoms with Gasteiger partial charge in [-0.3, -0.25) is 4.18 Å². The smallest absolute Gasteiger partial charge is 0.264 e. The van der Waals surface area contributed by atoms with E-state index < -0.39 is 10.1 Å². The van der Waals surface area contributed by atoms with Gasteiger partial charge in [-0.05, 0) is 12.8 Å². The molecule has 0 amide bonds. The second-order valence-corrected chi connectivity index (χ2v) is 4.89. The van der Waals surface area contributed by atoms with E-state index in [1.807, 2.05) is 0 Å². The molecule has 0 atom stereocenters. The van der Waals surface area contributed by atoms with Gasteiger partial charge in [0.25, 0.3) is 10.1 Å². The Labute approximate surface area is 87.0 Å². The Morgan fingerprint density at radius 2 is 1.71 bits per heavy atom. The van der Waals surface area contributed by atoms with Crippen LogP contribution in [0.5, 0.6) is 0 Å². The average Bonchev–Trinajstić information content (AvgIpc) is 2.08. The van der Waals surface area contributed by atoms with E-state index >= 15 is 0 Å². The van der Waals surface area contributed by atoms with Crippen LogP contribution in [0.2, 0.25) is 0 Å². The number of unbranched alkanes of at least 4 members (excludes halogenated alkanes) is 5. The fourth-order valence-corrected chi connectivity index (χ4v) is 1.49. The molecule has 4 heteroatoms. The van der Waals surface area contributed by atoms with Gasteiger partial charge in [-0.25, -0.2) is 0 Å². The third kappa shape index (κ3) is 11.5. The van der Waals surface area contributed by atoms with Crippen LogP contribution in [-0.4, -0.2) is 21.3 Å². The Hall–Kier alpha value is -0.530. The van der Waals surface area contributed by atoms with Crippen LogP contribution in [0.3, 0.4) is 0 Å². The molecular weight excluding hydrogens is 200 g/mol. The van der Waals surface area contributed by atoms with E-state index in [2.05, 4.69) is 10.1 Å². The molecule has 0 unspecified atom stereocenters. The molecule has 0 aliphatic rings. The molecule has 0 saturated carbocycles. The summed E-state index contributed by atoms with van der Waals surface area (Å²) in [4.78, 5) is 0. The summed E-state index contributed by atoms with van der Waals surface area (Å²) in [7, 11) is -3.25. The molecule has 0 saturated heterocycles. The topological polar surface area (TPSA) is 43.4 Å². The Bertz CT molecular complexity index is 262. The van der Waals surface area contributed by atoms with E-state index in [0.29, 0.717) is 6.61 Å². The lowest BCUT2D eigenvalue weighted by atomic mass is 10.1. The monoisotopic (exact) mass is 218 g/mol. The first-order chi connectivity index (χ1) is 6.56. The van der Waals surface area contributed by atoms with Gasteiger partial charge in [-0.1, -0.05) is 19.3 Å². The van der Waals surface area contributed by atoms with Crippen molar-refractivity contribution in [1.29, 1.82) is 0 Å². The number of hydrogen-bond acceptors (Lipinski definition) is 3. The van der Waals surface area contributed by atoms with E-state index in [0.717, 1.165) is 44.8 Å². The lowest BCUT2D eigenvalue weighted by Crippen LogP contribution is -2.03. The molecule has 0 aromatic heterocycles. The van der Waals surface area contributed by atoms with Crippen molar-refractivity contribution in [3.05, 3.63) is 0 Å². The predicted octanol–water partition coefficient (Wildman–Crippen LogP) is 1.94. The minimum Gasteiger partial charge on any atom is -0.270 e. The van der Waals surface area contributed by atoms with Gasteiger partial charge >= 0.3 is 0 Å². The molecule has 0 spiro atoms. The van der Waals surface area contributed by atoms with E-state index in [-0.39, 0.29) is 0 Å². The quantitative estimate of drug-likeness (QED) is 0.355. The molecule has 0 N–H and O–H groups in total. The highest BCUT2D eigenvalue weighted by atomic mass is 32.2. The van der Waals surface area contributed by atoms with Crippen molar-refractivity contribution in [2.24, 2.45) is 0 Å². The summed E-state index contributed by atoms with van der Waals surface area (Å²) in [5, 5.41) is 0. The zero-order valence-electron chi connectivity index (χ0n) is 8.66. The summed E-state index contributed by atoms with van der Waals surface area (Å²) in [6, 6.07) is 0. The maximum atomic E-state index is 10.6. The largest absolute Gasteiger partial charge is 0.270 e. The summed E-state index contributed by atoms with van der Waals surface area (Å²) in [5.41, 5.74) is 0. The Morgan fingerprint density at radius 3 is 2.29 bits per heavy atom. The maximum absolute atomic E-state index is 10.6. The summed E-state index contributed by atoms with van der Waals surface area (Å²) in [6.07, 6.45) is 12.1. The number of rotatable bonds is 8. The molecule has 0 heterocycles. The molecule has 0 rings (SSSR count). The first-order valence-electron chi connectivity index (χ1n) is 4.84. The third-order valence-electron chi connectivity index (χ3n) is 1.76. The highest BCUT2D eigenvalue weighted by molar-refractivity contribution is 7.85. The fourth-order valence-electron chi connectivity index (χ4n) is 1.07. The van der Waals surface area contributed by atoms with Crippen LogP contribution in [0.4, 0.5) is 0 Å². The first kappa shape index (κ1) is 13.5. The summed E-state index contributed by atoms with van der Waals surface area (Å²) in [5.74, 6) is 2.59. The molecule has 0 bridgehead atoms. The van der Waals surface area contributed by atoms with Gasteiger partial charge in [0.1, 0.15) is 0 Å². The molecule has 0 aliphatic heterocycles. The lowest BCUT2D eigenvalue weighted by Gasteiger charge is -2.00.